The van der Waals surface area contributed by atoms with Crippen molar-refractivity contribution in [3.8, 4) is 0 Å². The van der Waals surface area contributed by atoms with Crippen LogP contribution < -0.4 is 4.90 Å². The molecule has 0 radical (unpaired) electrons. The average molecular weight is 589 g/mol. The number of nitrogens with zero attached hydrogens (tertiary/aromatic N) is 2. The fourth-order valence-electron chi connectivity index (χ4n) is 6.26. The Kier molecular flexibility index (Phi) is 14.8. The highest BCUT2D eigenvalue weighted by molar-refractivity contribution is 6.46. The first-order valence-corrected chi connectivity index (χ1v) is 17.1. The van der Waals surface area contributed by atoms with Crippen molar-refractivity contribution in [1.29, 1.82) is 0 Å². The number of unbranched alkanes of at least 4 members (excludes halogenated alkanes) is 13. The first kappa shape index (κ1) is 34.4. The molecule has 1 heterocycles. The highest BCUT2D eigenvalue weighted by atomic mass is 16.3. The van der Waals surface area contributed by atoms with Crippen molar-refractivity contribution in [1.82, 2.24) is 4.90 Å². The highest BCUT2D eigenvalue weighted by Gasteiger charge is 2.45. The Morgan fingerprint density at radius 3 is 1.67 bits per heavy atom. The van der Waals surface area contributed by atoms with Gasteiger partial charge in [-0.3, -0.25) is 9.59 Å². The SMILES string of the molecule is CCCCCCCCCCCCCCCCN1C(=O)C(=O)/C(=C(/O)c2ccc(C)cc2)[C@H]1c1ccc(N(CC)CC)cc1. The molecule has 1 amide bonds. The summed E-state index contributed by atoms with van der Waals surface area (Å²) in [5.41, 5.74) is 3.78. The number of ketones is 1. The van der Waals surface area contributed by atoms with Gasteiger partial charge in [0.2, 0.25) is 0 Å². The van der Waals surface area contributed by atoms with E-state index in [1.54, 1.807) is 4.90 Å². The lowest BCUT2D eigenvalue weighted by Gasteiger charge is -2.26. The first-order chi connectivity index (χ1) is 20.9. The summed E-state index contributed by atoms with van der Waals surface area (Å²) >= 11 is 0. The van der Waals surface area contributed by atoms with E-state index in [-0.39, 0.29) is 11.3 Å². The third kappa shape index (κ3) is 9.98. The summed E-state index contributed by atoms with van der Waals surface area (Å²) in [6, 6.07) is 15.0. The second-order valence-electron chi connectivity index (χ2n) is 12.2. The lowest BCUT2D eigenvalue weighted by atomic mass is 9.94. The van der Waals surface area contributed by atoms with Crippen molar-refractivity contribution < 1.29 is 14.7 Å². The number of hydrogen-bond acceptors (Lipinski definition) is 4. The van der Waals surface area contributed by atoms with Gasteiger partial charge < -0.3 is 14.9 Å². The Bertz CT molecular complexity index is 1150. The van der Waals surface area contributed by atoms with Gasteiger partial charge in [-0.25, -0.2) is 0 Å². The van der Waals surface area contributed by atoms with Crippen LogP contribution in [0, 0.1) is 6.92 Å². The summed E-state index contributed by atoms with van der Waals surface area (Å²) in [6.07, 6.45) is 17.8. The summed E-state index contributed by atoms with van der Waals surface area (Å²) in [6.45, 7) is 10.8. The van der Waals surface area contributed by atoms with Crippen molar-refractivity contribution in [2.75, 3.05) is 24.5 Å². The number of benzene rings is 2. The van der Waals surface area contributed by atoms with E-state index in [2.05, 4.69) is 37.8 Å². The number of Topliss-reactive ketones (excluding diaryl/α,β-unsaturated/α-hetero) is 1. The maximum absolute atomic E-state index is 13.4. The number of likely N-dealkylation sites (tertiary alicyclic amines) is 1. The van der Waals surface area contributed by atoms with Crippen LogP contribution in [-0.4, -0.2) is 41.3 Å². The molecule has 0 saturated carbocycles. The van der Waals surface area contributed by atoms with E-state index in [1.165, 1.54) is 70.6 Å². The summed E-state index contributed by atoms with van der Waals surface area (Å²) in [5, 5.41) is 11.3. The number of rotatable bonds is 20. The van der Waals surface area contributed by atoms with Crippen molar-refractivity contribution in [2.45, 2.75) is 124 Å². The number of carbonyl (C=O) groups excluding carboxylic acids is 2. The zero-order valence-corrected chi connectivity index (χ0v) is 27.4. The van der Waals surface area contributed by atoms with Gasteiger partial charge in [0.1, 0.15) is 5.76 Å². The molecule has 236 valence electrons. The number of amides is 1. The molecule has 0 unspecified atom stereocenters. The molecule has 5 heteroatoms. The minimum Gasteiger partial charge on any atom is -0.507 e. The molecule has 1 fully saturated rings. The van der Waals surface area contributed by atoms with Gasteiger partial charge in [-0.1, -0.05) is 132 Å². The minimum absolute atomic E-state index is 0.0976. The second kappa shape index (κ2) is 18.6. The molecule has 1 atom stereocenters. The van der Waals surface area contributed by atoms with Crippen molar-refractivity contribution >= 4 is 23.1 Å². The van der Waals surface area contributed by atoms with Gasteiger partial charge >= 0.3 is 0 Å². The summed E-state index contributed by atoms with van der Waals surface area (Å²) < 4.78 is 0. The minimum atomic E-state index is -0.596. The molecule has 1 aliphatic heterocycles. The van der Waals surface area contributed by atoms with Crippen LogP contribution in [0.1, 0.15) is 133 Å². The molecule has 0 aromatic heterocycles. The number of hydrogen-bond donors (Lipinski definition) is 1. The summed E-state index contributed by atoms with van der Waals surface area (Å²) in [4.78, 5) is 30.7. The van der Waals surface area contributed by atoms with Gasteiger partial charge in [0.25, 0.3) is 11.7 Å². The lowest BCUT2D eigenvalue weighted by Crippen LogP contribution is -2.30. The van der Waals surface area contributed by atoms with Crippen LogP contribution in [-0.2, 0) is 9.59 Å². The molecule has 0 bridgehead atoms. The normalized spacial score (nSPS) is 16.3. The average Bonchev–Trinajstić information content (AvgIpc) is 3.27. The van der Waals surface area contributed by atoms with Crippen molar-refractivity contribution in [2.24, 2.45) is 0 Å². The lowest BCUT2D eigenvalue weighted by molar-refractivity contribution is -0.139. The molecule has 1 N–H and O–H groups in total. The van der Waals surface area contributed by atoms with E-state index in [0.29, 0.717) is 12.1 Å². The van der Waals surface area contributed by atoms with E-state index in [9.17, 15) is 14.7 Å². The molecule has 2 aromatic rings. The van der Waals surface area contributed by atoms with Crippen molar-refractivity contribution in [3.05, 3.63) is 70.8 Å². The van der Waals surface area contributed by atoms with Gasteiger partial charge in [0.15, 0.2) is 0 Å². The molecule has 5 nitrogen and oxygen atoms in total. The second-order valence-corrected chi connectivity index (χ2v) is 12.2. The van der Waals surface area contributed by atoms with Gasteiger partial charge in [0.05, 0.1) is 11.6 Å². The van der Waals surface area contributed by atoms with Gasteiger partial charge in [-0.2, -0.15) is 0 Å². The monoisotopic (exact) mass is 588 g/mol. The molecule has 1 saturated heterocycles. The maximum atomic E-state index is 13.4. The molecule has 2 aromatic carbocycles. The van der Waals surface area contributed by atoms with Crippen LogP contribution >= 0.6 is 0 Å². The fourth-order valence-corrected chi connectivity index (χ4v) is 6.26. The van der Waals surface area contributed by atoms with Crippen LogP contribution in [0.15, 0.2) is 54.1 Å². The Balaban J connectivity index is 1.61. The topological polar surface area (TPSA) is 60.9 Å². The number of aryl methyl sites for hydroxylation is 1. The molecule has 0 spiro atoms. The zero-order valence-electron chi connectivity index (χ0n) is 27.4. The van der Waals surface area contributed by atoms with Gasteiger partial charge in [-0.15, -0.1) is 0 Å². The van der Waals surface area contributed by atoms with Crippen LogP contribution in [0.4, 0.5) is 5.69 Å². The number of aliphatic hydroxyl groups is 1. The van der Waals surface area contributed by atoms with E-state index < -0.39 is 17.7 Å². The van der Waals surface area contributed by atoms with Crippen LogP contribution in [0.3, 0.4) is 0 Å². The predicted molar refractivity (Wildman–Crippen MR) is 181 cm³/mol. The molecule has 43 heavy (non-hydrogen) atoms. The highest BCUT2D eigenvalue weighted by Crippen LogP contribution is 2.40. The largest absolute Gasteiger partial charge is 0.507 e. The fraction of sp³-hybridized carbons (Fsp3) is 0.579. The van der Waals surface area contributed by atoms with E-state index in [0.717, 1.165) is 49.2 Å². The van der Waals surface area contributed by atoms with Crippen LogP contribution in [0.2, 0.25) is 0 Å². The Morgan fingerprint density at radius 1 is 0.698 bits per heavy atom. The first-order valence-electron chi connectivity index (χ1n) is 17.1. The molecule has 3 rings (SSSR count). The molecule has 1 aliphatic rings. The van der Waals surface area contributed by atoms with Crippen molar-refractivity contribution in [3.63, 3.8) is 0 Å². The Hall–Kier alpha value is -3.08. The standard InChI is InChI=1S/C38H56N2O3/c1-5-8-9-10-11-12-13-14-15-16-17-18-19-20-29-40-35(31-25-27-33(28-26-31)39(6-2)7-3)34(37(42)38(40)43)36(41)32-23-21-30(4)22-24-32/h21-28,35,41H,5-20,29H2,1-4H3/b36-34+/t35-/m1/s1. The van der Waals surface area contributed by atoms with Gasteiger partial charge in [-0.05, 0) is 44.9 Å². The maximum Gasteiger partial charge on any atom is 0.295 e. The third-order valence-corrected chi connectivity index (χ3v) is 8.95. The van der Waals surface area contributed by atoms with E-state index in [4.69, 9.17) is 0 Å². The van der Waals surface area contributed by atoms with Crippen LogP contribution in [0.5, 0.6) is 0 Å². The van der Waals surface area contributed by atoms with Gasteiger partial charge in [0, 0.05) is 30.9 Å². The van der Waals surface area contributed by atoms with E-state index >= 15 is 0 Å². The summed E-state index contributed by atoms with van der Waals surface area (Å²) in [7, 11) is 0. The third-order valence-electron chi connectivity index (χ3n) is 8.95. The molecule has 0 aliphatic carbocycles. The zero-order chi connectivity index (χ0) is 31.0. The van der Waals surface area contributed by atoms with E-state index in [1.807, 2.05) is 43.3 Å². The smallest absolute Gasteiger partial charge is 0.295 e. The predicted octanol–water partition coefficient (Wildman–Crippen LogP) is 9.74. The number of carbonyl (C=O) groups is 2. The Labute approximate surface area is 261 Å². The number of anilines is 1. The quantitative estimate of drug-likeness (QED) is 0.0724. The molecular weight excluding hydrogens is 532 g/mol. The number of aliphatic hydroxyl groups excluding tert-OH is 1. The molecular formula is C38H56N2O3. The Morgan fingerprint density at radius 2 is 1.19 bits per heavy atom. The summed E-state index contributed by atoms with van der Waals surface area (Å²) in [5.74, 6) is -1.21. The van der Waals surface area contributed by atoms with Crippen LogP contribution in [0.25, 0.3) is 5.76 Å².